The molecule has 1 aromatic carbocycles. The lowest BCUT2D eigenvalue weighted by atomic mass is 9.66. The number of nitro groups is 1. The topological polar surface area (TPSA) is 108 Å². The molecule has 1 aromatic rings. The van der Waals surface area contributed by atoms with Gasteiger partial charge in [-0.15, -0.1) is 0 Å². The van der Waals surface area contributed by atoms with Crippen molar-refractivity contribution in [2.45, 2.75) is 39.2 Å². The normalized spacial score (nSPS) is 29.2. The predicted molar refractivity (Wildman–Crippen MR) is 88.2 cm³/mol. The molecule has 2 bridgehead atoms. The van der Waals surface area contributed by atoms with E-state index in [0.717, 1.165) is 0 Å². The second-order valence-corrected chi connectivity index (χ2v) is 7.27. The number of benzene rings is 1. The number of hydrogen-bond donors (Lipinski definition) is 1. The SMILES string of the molecule is COc1ccc(NC(=O)[C@]23CC[C@](C)(C(=O)O2)C3(C)C)c([N+](=O)[O-])c1. The molecule has 1 saturated heterocycles. The summed E-state index contributed by atoms with van der Waals surface area (Å²) in [4.78, 5) is 35.9. The number of carbonyl (C=O) groups excluding carboxylic acids is 2. The van der Waals surface area contributed by atoms with Gasteiger partial charge >= 0.3 is 5.97 Å². The van der Waals surface area contributed by atoms with Crippen LogP contribution in [0.3, 0.4) is 0 Å². The molecule has 2 atom stereocenters. The largest absolute Gasteiger partial charge is 0.496 e. The van der Waals surface area contributed by atoms with Crippen LogP contribution in [-0.2, 0) is 14.3 Å². The molecule has 25 heavy (non-hydrogen) atoms. The van der Waals surface area contributed by atoms with Gasteiger partial charge in [0.2, 0.25) is 0 Å². The predicted octanol–water partition coefficient (Wildman–Crippen LogP) is 2.66. The number of anilines is 1. The lowest BCUT2D eigenvalue weighted by Gasteiger charge is -2.35. The number of carbonyl (C=O) groups is 2. The zero-order valence-corrected chi connectivity index (χ0v) is 14.5. The minimum Gasteiger partial charge on any atom is -0.496 e. The summed E-state index contributed by atoms with van der Waals surface area (Å²) in [7, 11) is 1.40. The number of nitrogens with zero attached hydrogens (tertiary/aromatic N) is 1. The zero-order chi connectivity index (χ0) is 18.6. The van der Waals surface area contributed by atoms with Gasteiger partial charge in [-0.05, 0) is 31.9 Å². The number of nitro benzene ring substituents is 1. The minimum atomic E-state index is -1.33. The van der Waals surface area contributed by atoms with E-state index < -0.39 is 33.2 Å². The van der Waals surface area contributed by atoms with Crippen molar-refractivity contribution in [1.82, 2.24) is 0 Å². The summed E-state index contributed by atoms with van der Waals surface area (Å²) < 4.78 is 10.5. The highest BCUT2D eigenvalue weighted by atomic mass is 16.6. The molecule has 2 fully saturated rings. The third kappa shape index (κ3) is 2.06. The van der Waals surface area contributed by atoms with Crippen molar-refractivity contribution >= 4 is 23.3 Å². The van der Waals surface area contributed by atoms with E-state index in [1.54, 1.807) is 6.92 Å². The maximum atomic E-state index is 13.0. The Hall–Kier alpha value is -2.64. The lowest BCUT2D eigenvalue weighted by Crippen LogP contribution is -2.50. The molecule has 1 N–H and O–H groups in total. The summed E-state index contributed by atoms with van der Waals surface area (Å²) >= 11 is 0. The van der Waals surface area contributed by atoms with E-state index in [0.29, 0.717) is 18.6 Å². The first-order valence-electron chi connectivity index (χ1n) is 7.96. The second kappa shape index (κ2) is 5.18. The van der Waals surface area contributed by atoms with Crippen LogP contribution in [0.1, 0.15) is 33.6 Å². The fraction of sp³-hybridized carbons (Fsp3) is 0.529. The first-order valence-corrected chi connectivity index (χ1v) is 7.96. The molecule has 1 aliphatic carbocycles. The summed E-state index contributed by atoms with van der Waals surface area (Å²) in [5, 5.41) is 13.9. The maximum absolute atomic E-state index is 13.0. The number of amides is 1. The third-order valence-electron chi connectivity index (χ3n) is 6.10. The molecular formula is C17H20N2O6. The van der Waals surface area contributed by atoms with Crippen LogP contribution in [0.5, 0.6) is 5.75 Å². The van der Waals surface area contributed by atoms with Crippen LogP contribution in [-0.4, -0.2) is 29.5 Å². The number of hydrogen-bond acceptors (Lipinski definition) is 6. The number of fused-ring (bicyclic) bond motifs is 2. The summed E-state index contributed by atoms with van der Waals surface area (Å²) in [5.41, 5.74) is -3.03. The Morgan fingerprint density at radius 3 is 2.48 bits per heavy atom. The first-order chi connectivity index (χ1) is 11.6. The van der Waals surface area contributed by atoms with Crippen LogP contribution in [0.4, 0.5) is 11.4 Å². The van der Waals surface area contributed by atoms with E-state index in [4.69, 9.17) is 9.47 Å². The highest BCUT2D eigenvalue weighted by Gasteiger charge is 2.75. The quantitative estimate of drug-likeness (QED) is 0.509. The van der Waals surface area contributed by atoms with Gasteiger partial charge in [0, 0.05) is 5.41 Å². The van der Waals surface area contributed by atoms with Crippen LogP contribution in [0, 0.1) is 20.9 Å². The number of methoxy groups -OCH3 is 1. The van der Waals surface area contributed by atoms with E-state index in [9.17, 15) is 19.7 Å². The molecule has 0 spiro atoms. The zero-order valence-electron chi connectivity index (χ0n) is 14.5. The molecular weight excluding hydrogens is 328 g/mol. The molecule has 0 aromatic heterocycles. The van der Waals surface area contributed by atoms with Crippen molar-refractivity contribution in [1.29, 1.82) is 0 Å². The summed E-state index contributed by atoms with van der Waals surface area (Å²) in [6, 6.07) is 4.16. The smallest absolute Gasteiger partial charge is 0.313 e. The van der Waals surface area contributed by atoms with Gasteiger partial charge in [0.05, 0.1) is 23.5 Å². The molecule has 1 aliphatic heterocycles. The average Bonchev–Trinajstić information content (AvgIpc) is 2.85. The number of nitrogens with one attached hydrogen (secondary N) is 1. The Bertz CT molecular complexity index is 789. The highest BCUT2D eigenvalue weighted by molar-refractivity contribution is 6.04. The van der Waals surface area contributed by atoms with Crippen molar-refractivity contribution < 1.29 is 24.0 Å². The molecule has 2 aliphatic rings. The number of ether oxygens (including phenoxy) is 2. The van der Waals surface area contributed by atoms with Crippen LogP contribution >= 0.6 is 0 Å². The molecule has 0 radical (unpaired) electrons. The summed E-state index contributed by atoms with van der Waals surface area (Å²) in [5.74, 6) is -0.632. The van der Waals surface area contributed by atoms with Crippen molar-refractivity contribution in [2.75, 3.05) is 12.4 Å². The Morgan fingerprint density at radius 2 is 2.00 bits per heavy atom. The number of rotatable bonds is 4. The Morgan fingerprint density at radius 1 is 1.32 bits per heavy atom. The fourth-order valence-electron chi connectivity index (χ4n) is 3.87. The second-order valence-electron chi connectivity index (χ2n) is 7.27. The monoisotopic (exact) mass is 348 g/mol. The first kappa shape index (κ1) is 17.2. The molecule has 1 amide bonds. The molecule has 1 heterocycles. The van der Waals surface area contributed by atoms with E-state index >= 15 is 0 Å². The molecule has 1 saturated carbocycles. The Labute approximate surface area is 144 Å². The lowest BCUT2D eigenvalue weighted by molar-refractivity contribution is -0.384. The van der Waals surface area contributed by atoms with E-state index in [1.165, 1.54) is 25.3 Å². The van der Waals surface area contributed by atoms with Gasteiger partial charge < -0.3 is 14.8 Å². The van der Waals surface area contributed by atoms with E-state index in [2.05, 4.69) is 5.32 Å². The molecule has 3 rings (SSSR count). The van der Waals surface area contributed by atoms with Gasteiger partial charge in [-0.3, -0.25) is 19.7 Å². The van der Waals surface area contributed by atoms with Gasteiger partial charge in [-0.1, -0.05) is 13.8 Å². The standard InChI is InChI=1S/C17H20N2O6/c1-15(2)16(3)7-8-17(15,25-14(16)21)13(20)18-11-6-5-10(24-4)9-12(11)19(22)23/h5-6,9H,7-8H2,1-4H3,(H,18,20)/t16-,17+/m1/s1. The van der Waals surface area contributed by atoms with Crippen LogP contribution in [0.25, 0.3) is 0 Å². The van der Waals surface area contributed by atoms with Crippen molar-refractivity contribution in [2.24, 2.45) is 10.8 Å². The number of esters is 1. The van der Waals surface area contributed by atoms with Crippen LogP contribution < -0.4 is 10.1 Å². The molecule has 0 unspecified atom stereocenters. The van der Waals surface area contributed by atoms with Crippen LogP contribution in [0.15, 0.2) is 18.2 Å². The van der Waals surface area contributed by atoms with Gasteiger partial charge in [0.25, 0.3) is 11.6 Å². The minimum absolute atomic E-state index is 0.0394. The van der Waals surface area contributed by atoms with E-state index in [1.807, 2.05) is 13.8 Å². The van der Waals surface area contributed by atoms with Crippen molar-refractivity contribution in [3.05, 3.63) is 28.3 Å². The van der Waals surface area contributed by atoms with Gasteiger partial charge in [-0.2, -0.15) is 0 Å². The van der Waals surface area contributed by atoms with Crippen molar-refractivity contribution in [3.8, 4) is 5.75 Å². The van der Waals surface area contributed by atoms with Crippen molar-refractivity contribution in [3.63, 3.8) is 0 Å². The Balaban J connectivity index is 1.97. The highest BCUT2D eigenvalue weighted by Crippen LogP contribution is 2.65. The van der Waals surface area contributed by atoms with Gasteiger partial charge in [0.1, 0.15) is 11.4 Å². The van der Waals surface area contributed by atoms with Gasteiger partial charge in [-0.25, -0.2) is 0 Å². The third-order valence-corrected chi connectivity index (χ3v) is 6.10. The maximum Gasteiger partial charge on any atom is 0.313 e. The molecule has 8 nitrogen and oxygen atoms in total. The molecule has 8 heteroatoms. The summed E-state index contributed by atoms with van der Waals surface area (Å²) in [6.45, 7) is 5.45. The molecule has 134 valence electrons. The fourth-order valence-corrected chi connectivity index (χ4v) is 3.87. The average molecular weight is 348 g/mol. The Kier molecular flexibility index (Phi) is 3.56. The summed E-state index contributed by atoms with van der Waals surface area (Å²) in [6.07, 6.45) is 0.926. The van der Waals surface area contributed by atoms with Gasteiger partial charge in [0.15, 0.2) is 5.60 Å². The van der Waals surface area contributed by atoms with Crippen LogP contribution in [0.2, 0.25) is 0 Å². The van der Waals surface area contributed by atoms with E-state index in [-0.39, 0.29) is 11.4 Å².